The smallest absolute Gasteiger partial charge is 0.191 e. The molecule has 1 heterocycles. The minimum atomic E-state index is 0.339. The number of rotatable bonds is 6. The Morgan fingerprint density at radius 1 is 1.13 bits per heavy atom. The van der Waals surface area contributed by atoms with Gasteiger partial charge in [0.2, 0.25) is 0 Å². The highest BCUT2D eigenvalue weighted by atomic mass is 15.2. The molecule has 23 heavy (non-hydrogen) atoms. The zero-order valence-corrected chi connectivity index (χ0v) is 14.0. The summed E-state index contributed by atoms with van der Waals surface area (Å²) in [5.41, 5.74) is 2.20. The lowest BCUT2D eigenvalue weighted by molar-refractivity contribution is 0.647. The topological polar surface area (TPSA) is 52.6 Å². The number of guanidine groups is 1. The summed E-state index contributed by atoms with van der Waals surface area (Å²) in [6.45, 7) is 3.64. The van der Waals surface area contributed by atoms with Crippen molar-refractivity contribution < 1.29 is 0 Å². The maximum Gasteiger partial charge on any atom is 0.191 e. The first kappa shape index (κ1) is 16.8. The van der Waals surface area contributed by atoms with Crippen molar-refractivity contribution in [3.8, 4) is 0 Å². The lowest BCUT2D eigenvalue weighted by Gasteiger charge is -2.27. The van der Waals surface area contributed by atoms with Gasteiger partial charge in [-0.1, -0.05) is 24.3 Å². The van der Waals surface area contributed by atoms with Gasteiger partial charge in [-0.3, -0.25) is 9.98 Å². The van der Waals surface area contributed by atoms with Crippen LogP contribution in [-0.2, 0) is 6.54 Å². The van der Waals surface area contributed by atoms with Crippen molar-refractivity contribution in [3.05, 3.63) is 60.4 Å². The molecule has 0 fully saturated rings. The summed E-state index contributed by atoms with van der Waals surface area (Å²) >= 11 is 0. The summed E-state index contributed by atoms with van der Waals surface area (Å²) in [5.74, 6) is 0.781. The van der Waals surface area contributed by atoms with Gasteiger partial charge in [0.1, 0.15) is 0 Å². The molecule has 0 aliphatic heterocycles. The van der Waals surface area contributed by atoms with Gasteiger partial charge in [-0.2, -0.15) is 0 Å². The predicted molar refractivity (Wildman–Crippen MR) is 96.7 cm³/mol. The molecule has 2 N–H and O–H groups in total. The fourth-order valence-electron chi connectivity index (χ4n) is 2.20. The van der Waals surface area contributed by atoms with Crippen LogP contribution in [0, 0.1) is 0 Å². The number of pyridine rings is 1. The molecule has 0 spiro atoms. The van der Waals surface area contributed by atoms with Crippen molar-refractivity contribution in [2.45, 2.75) is 19.5 Å². The minimum absolute atomic E-state index is 0.339. The lowest BCUT2D eigenvalue weighted by Crippen LogP contribution is -2.44. The largest absolute Gasteiger partial charge is 0.370 e. The van der Waals surface area contributed by atoms with Crippen LogP contribution in [0.1, 0.15) is 12.6 Å². The van der Waals surface area contributed by atoms with Crippen LogP contribution in [0.2, 0.25) is 0 Å². The number of likely N-dealkylation sites (N-methyl/N-ethyl adjacent to an activating group) is 1. The first-order valence-electron chi connectivity index (χ1n) is 7.83. The first-order valence-corrected chi connectivity index (χ1v) is 7.83. The Bertz CT molecular complexity index is 597. The summed E-state index contributed by atoms with van der Waals surface area (Å²) in [4.78, 5) is 10.8. The number of nitrogens with zero attached hydrogens (tertiary/aromatic N) is 3. The Kier molecular flexibility index (Phi) is 6.41. The van der Waals surface area contributed by atoms with Gasteiger partial charge in [0.25, 0.3) is 0 Å². The molecule has 0 aliphatic rings. The van der Waals surface area contributed by atoms with Crippen molar-refractivity contribution in [1.29, 1.82) is 0 Å². The molecule has 0 aliphatic carbocycles. The molecule has 0 radical (unpaired) electrons. The molecular weight excluding hydrogens is 286 g/mol. The quantitative estimate of drug-likeness (QED) is 0.635. The predicted octanol–water partition coefficient (Wildman–Crippen LogP) is 2.27. The summed E-state index contributed by atoms with van der Waals surface area (Å²) in [6, 6.07) is 16.6. The van der Waals surface area contributed by atoms with Gasteiger partial charge in [0, 0.05) is 38.6 Å². The van der Waals surface area contributed by atoms with Crippen LogP contribution < -0.4 is 15.5 Å². The Morgan fingerprint density at radius 3 is 2.52 bits per heavy atom. The van der Waals surface area contributed by atoms with Gasteiger partial charge in [-0.15, -0.1) is 0 Å². The molecule has 5 nitrogen and oxygen atoms in total. The van der Waals surface area contributed by atoms with E-state index in [1.807, 2.05) is 24.3 Å². The maximum atomic E-state index is 4.29. The van der Waals surface area contributed by atoms with Crippen LogP contribution in [0.5, 0.6) is 0 Å². The highest BCUT2D eigenvalue weighted by Gasteiger charge is 2.10. The van der Waals surface area contributed by atoms with Crippen LogP contribution in [-0.4, -0.2) is 37.6 Å². The molecule has 0 bridgehead atoms. The van der Waals surface area contributed by atoms with Crippen LogP contribution in [0.25, 0.3) is 0 Å². The van der Waals surface area contributed by atoms with E-state index in [1.165, 1.54) is 5.69 Å². The van der Waals surface area contributed by atoms with Gasteiger partial charge in [0.05, 0.1) is 12.2 Å². The van der Waals surface area contributed by atoms with Crippen LogP contribution >= 0.6 is 0 Å². The van der Waals surface area contributed by atoms with Crippen LogP contribution in [0.15, 0.2) is 59.7 Å². The molecular formula is C18H25N5. The van der Waals surface area contributed by atoms with Crippen LogP contribution in [0.4, 0.5) is 5.69 Å². The summed E-state index contributed by atoms with van der Waals surface area (Å²) in [6.07, 6.45) is 1.80. The fourth-order valence-corrected chi connectivity index (χ4v) is 2.20. The number of hydrogen-bond donors (Lipinski definition) is 2. The van der Waals surface area contributed by atoms with E-state index in [-0.39, 0.29) is 0 Å². The lowest BCUT2D eigenvalue weighted by atomic mass is 10.2. The molecule has 1 unspecified atom stereocenters. The number of aliphatic imine (C=N–C) groups is 1. The molecule has 1 aromatic heterocycles. The number of hydrogen-bond acceptors (Lipinski definition) is 3. The van der Waals surface area contributed by atoms with Gasteiger partial charge in [-0.05, 0) is 31.2 Å². The average molecular weight is 311 g/mol. The highest BCUT2D eigenvalue weighted by molar-refractivity contribution is 5.79. The summed E-state index contributed by atoms with van der Waals surface area (Å²) < 4.78 is 0. The SMILES string of the molecule is CN=C(NCc1ccccn1)NCC(C)N(C)c1ccccc1. The number of nitrogens with one attached hydrogen (secondary N) is 2. The van der Waals surface area contributed by atoms with Crippen LogP contribution in [0.3, 0.4) is 0 Å². The summed E-state index contributed by atoms with van der Waals surface area (Å²) in [5, 5.41) is 6.64. The standard InChI is InChI=1S/C18H25N5/c1-15(23(3)17-10-5-4-6-11-17)13-21-18(19-2)22-14-16-9-7-8-12-20-16/h4-12,15H,13-14H2,1-3H3,(H2,19,21,22). The highest BCUT2D eigenvalue weighted by Crippen LogP contribution is 2.13. The molecule has 2 aromatic rings. The number of para-hydroxylation sites is 1. The number of aromatic nitrogens is 1. The van der Waals surface area contributed by atoms with E-state index in [1.54, 1.807) is 13.2 Å². The first-order chi connectivity index (χ1) is 11.2. The van der Waals surface area contributed by atoms with Crippen molar-refractivity contribution in [3.63, 3.8) is 0 Å². The van der Waals surface area contributed by atoms with E-state index in [2.05, 4.69) is 63.7 Å². The third-order valence-electron chi connectivity index (χ3n) is 3.78. The second-order valence-corrected chi connectivity index (χ2v) is 5.42. The molecule has 122 valence electrons. The fraction of sp³-hybridized carbons (Fsp3) is 0.333. The van der Waals surface area contributed by atoms with Gasteiger partial charge in [-0.25, -0.2) is 0 Å². The normalized spacial score (nSPS) is 12.6. The Balaban J connectivity index is 1.81. The van der Waals surface area contributed by atoms with Gasteiger partial charge < -0.3 is 15.5 Å². The number of anilines is 1. The van der Waals surface area contributed by atoms with E-state index in [9.17, 15) is 0 Å². The Hall–Kier alpha value is -2.56. The van der Waals surface area contributed by atoms with Gasteiger partial charge in [0.15, 0.2) is 5.96 Å². The molecule has 0 saturated heterocycles. The molecule has 5 heteroatoms. The minimum Gasteiger partial charge on any atom is -0.370 e. The molecule has 0 amide bonds. The van der Waals surface area contributed by atoms with E-state index >= 15 is 0 Å². The van der Waals surface area contributed by atoms with Gasteiger partial charge >= 0.3 is 0 Å². The average Bonchev–Trinajstić information content (AvgIpc) is 2.62. The van der Waals surface area contributed by atoms with Crippen molar-refractivity contribution in [2.75, 3.05) is 25.5 Å². The van der Waals surface area contributed by atoms with Crippen molar-refractivity contribution >= 4 is 11.6 Å². The molecule has 0 saturated carbocycles. The second kappa shape index (κ2) is 8.78. The third kappa shape index (κ3) is 5.29. The van der Waals surface area contributed by atoms with Crippen molar-refractivity contribution in [2.24, 2.45) is 4.99 Å². The monoisotopic (exact) mass is 311 g/mol. The van der Waals surface area contributed by atoms with E-state index < -0.39 is 0 Å². The Labute approximate surface area is 138 Å². The molecule has 1 atom stereocenters. The van der Waals surface area contributed by atoms with Crippen molar-refractivity contribution in [1.82, 2.24) is 15.6 Å². The Morgan fingerprint density at radius 2 is 1.87 bits per heavy atom. The third-order valence-corrected chi connectivity index (χ3v) is 3.78. The van der Waals surface area contributed by atoms with E-state index in [0.29, 0.717) is 12.6 Å². The molecule has 1 aromatic carbocycles. The maximum absolute atomic E-state index is 4.29. The zero-order chi connectivity index (χ0) is 16.5. The van der Waals surface area contributed by atoms with E-state index in [0.717, 1.165) is 18.2 Å². The molecule has 2 rings (SSSR count). The summed E-state index contributed by atoms with van der Waals surface area (Å²) in [7, 11) is 3.88. The van der Waals surface area contributed by atoms with E-state index in [4.69, 9.17) is 0 Å². The zero-order valence-electron chi connectivity index (χ0n) is 14.0. The second-order valence-electron chi connectivity index (χ2n) is 5.42. The number of benzene rings is 1.